The van der Waals surface area contributed by atoms with Crippen molar-refractivity contribution in [1.82, 2.24) is 5.32 Å². The lowest BCUT2D eigenvalue weighted by atomic mass is 9.80. The van der Waals surface area contributed by atoms with Crippen molar-refractivity contribution in [2.45, 2.75) is 37.8 Å². The van der Waals surface area contributed by atoms with Crippen molar-refractivity contribution in [3.8, 4) is 0 Å². The molecule has 0 aromatic carbocycles. The number of rotatable bonds is 5. The molecular formula is C12H18ClNOS. The van der Waals surface area contributed by atoms with Crippen molar-refractivity contribution in [1.29, 1.82) is 0 Å². The van der Waals surface area contributed by atoms with Gasteiger partial charge in [-0.2, -0.15) is 0 Å². The van der Waals surface area contributed by atoms with Gasteiger partial charge in [-0.15, -0.1) is 11.3 Å². The van der Waals surface area contributed by atoms with Gasteiger partial charge in [0.15, 0.2) is 0 Å². The van der Waals surface area contributed by atoms with Crippen molar-refractivity contribution in [2.24, 2.45) is 0 Å². The Kier molecular flexibility index (Phi) is 3.90. The van der Waals surface area contributed by atoms with E-state index in [0.717, 1.165) is 10.9 Å². The van der Waals surface area contributed by atoms with Gasteiger partial charge in [0.1, 0.15) is 0 Å². The average molecular weight is 260 g/mol. The quantitative estimate of drug-likeness (QED) is 0.872. The molecule has 2 nitrogen and oxygen atoms in total. The Hall–Kier alpha value is -0.0900. The molecular weight excluding hydrogens is 242 g/mol. The molecule has 0 saturated heterocycles. The van der Waals surface area contributed by atoms with Crippen LogP contribution in [0, 0.1) is 0 Å². The van der Waals surface area contributed by atoms with Crippen molar-refractivity contribution in [2.75, 3.05) is 13.7 Å². The van der Waals surface area contributed by atoms with E-state index in [0.29, 0.717) is 6.04 Å². The second-order valence-corrected chi connectivity index (χ2v) is 6.23. The van der Waals surface area contributed by atoms with E-state index in [2.05, 4.69) is 18.3 Å². The molecule has 0 amide bonds. The number of nitrogens with one attached hydrogen (secondary N) is 1. The minimum Gasteiger partial charge on any atom is -0.377 e. The van der Waals surface area contributed by atoms with Crippen LogP contribution in [0.4, 0.5) is 0 Å². The summed E-state index contributed by atoms with van der Waals surface area (Å²) in [6.45, 7) is 3.10. The molecule has 0 spiro atoms. The summed E-state index contributed by atoms with van der Waals surface area (Å²) < 4.78 is 6.44. The highest BCUT2D eigenvalue weighted by molar-refractivity contribution is 7.16. The molecule has 0 bridgehead atoms. The van der Waals surface area contributed by atoms with Crippen LogP contribution in [0.25, 0.3) is 0 Å². The Balaban J connectivity index is 1.86. The summed E-state index contributed by atoms with van der Waals surface area (Å²) in [6, 6.07) is 4.39. The lowest BCUT2D eigenvalue weighted by Gasteiger charge is -2.41. The van der Waals surface area contributed by atoms with Gasteiger partial charge in [0, 0.05) is 24.6 Å². The molecule has 1 aliphatic rings. The molecule has 0 aliphatic heterocycles. The Morgan fingerprint density at radius 1 is 1.56 bits per heavy atom. The van der Waals surface area contributed by atoms with Crippen molar-refractivity contribution in [3.63, 3.8) is 0 Å². The number of halogens is 1. The van der Waals surface area contributed by atoms with Crippen molar-refractivity contribution < 1.29 is 4.74 Å². The summed E-state index contributed by atoms with van der Waals surface area (Å²) in [5, 5.41) is 3.53. The van der Waals surface area contributed by atoms with Gasteiger partial charge in [-0.05, 0) is 38.3 Å². The maximum absolute atomic E-state index is 5.93. The molecule has 1 N–H and O–H groups in total. The number of methoxy groups -OCH3 is 1. The molecule has 0 radical (unpaired) electrons. The van der Waals surface area contributed by atoms with E-state index in [1.54, 1.807) is 11.3 Å². The summed E-state index contributed by atoms with van der Waals surface area (Å²) >= 11 is 7.57. The predicted molar refractivity (Wildman–Crippen MR) is 69.3 cm³/mol. The van der Waals surface area contributed by atoms with Gasteiger partial charge in [-0.1, -0.05) is 11.6 Å². The summed E-state index contributed by atoms with van der Waals surface area (Å²) in [7, 11) is 1.81. The van der Waals surface area contributed by atoms with Crippen LogP contribution in [0.15, 0.2) is 12.1 Å². The molecule has 1 aromatic heterocycles. The Morgan fingerprint density at radius 3 is 2.75 bits per heavy atom. The maximum Gasteiger partial charge on any atom is 0.0931 e. The maximum atomic E-state index is 5.93. The third kappa shape index (κ3) is 2.59. The zero-order valence-electron chi connectivity index (χ0n) is 9.75. The van der Waals surface area contributed by atoms with Crippen LogP contribution in [0.5, 0.6) is 0 Å². The molecule has 1 aromatic rings. The molecule has 1 atom stereocenters. The fourth-order valence-electron chi connectivity index (χ4n) is 2.02. The highest BCUT2D eigenvalue weighted by Crippen LogP contribution is 2.35. The molecule has 4 heteroatoms. The molecule has 16 heavy (non-hydrogen) atoms. The number of hydrogen-bond acceptors (Lipinski definition) is 3. The lowest BCUT2D eigenvalue weighted by molar-refractivity contribution is -0.0706. The van der Waals surface area contributed by atoms with E-state index in [1.807, 2.05) is 13.2 Å². The zero-order valence-corrected chi connectivity index (χ0v) is 11.3. The first-order chi connectivity index (χ1) is 7.65. The number of ether oxygens (including phenoxy) is 1. The topological polar surface area (TPSA) is 21.3 Å². The van der Waals surface area contributed by atoms with Crippen LogP contribution < -0.4 is 5.32 Å². The summed E-state index contributed by atoms with van der Waals surface area (Å²) in [4.78, 5) is 1.29. The van der Waals surface area contributed by atoms with Crippen LogP contribution in [-0.4, -0.2) is 19.3 Å². The third-order valence-electron chi connectivity index (χ3n) is 3.45. The number of hydrogen-bond donors (Lipinski definition) is 1. The standard InChI is InChI=1S/C12H18ClNOS/c1-9(10-4-5-11(13)16-10)14-8-12(15-2)6-3-7-12/h4-5,9,14H,3,6-8H2,1-2H3. The summed E-state index contributed by atoms with van der Waals surface area (Å²) in [5.74, 6) is 0. The molecule has 2 rings (SSSR count). The molecule has 1 aliphatic carbocycles. The van der Waals surface area contributed by atoms with Gasteiger partial charge in [0.25, 0.3) is 0 Å². The van der Waals surface area contributed by atoms with E-state index >= 15 is 0 Å². The fraction of sp³-hybridized carbons (Fsp3) is 0.667. The van der Waals surface area contributed by atoms with Crippen molar-refractivity contribution >= 4 is 22.9 Å². The van der Waals surface area contributed by atoms with Crippen molar-refractivity contribution in [3.05, 3.63) is 21.3 Å². The minimum atomic E-state index is 0.0926. The molecule has 1 fully saturated rings. The first kappa shape index (κ1) is 12.4. The Labute approximate surface area is 106 Å². The number of thiophene rings is 1. The van der Waals surface area contributed by atoms with E-state index in [-0.39, 0.29) is 5.60 Å². The fourth-order valence-corrected chi connectivity index (χ4v) is 3.11. The zero-order chi connectivity index (χ0) is 11.6. The summed E-state index contributed by atoms with van der Waals surface area (Å²) in [6.07, 6.45) is 3.64. The Morgan fingerprint density at radius 2 is 2.31 bits per heavy atom. The van der Waals surface area contributed by atoms with Gasteiger partial charge >= 0.3 is 0 Å². The second-order valence-electron chi connectivity index (χ2n) is 4.49. The van der Waals surface area contributed by atoms with Crippen LogP contribution in [0.1, 0.15) is 37.1 Å². The second kappa shape index (κ2) is 5.05. The van der Waals surface area contributed by atoms with Crippen LogP contribution in [0.3, 0.4) is 0 Å². The molecule has 1 saturated carbocycles. The van der Waals surface area contributed by atoms with Gasteiger partial charge in [0.05, 0.1) is 9.94 Å². The van der Waals surface area contributed by atoms with Gasteiger partial charge in [0.2, 0.25) is 0 Å². The largest absolute Gasteiger partial charge is 0.377 e. The monoisotopic (exact) mass is 259 g/mol. The highest BCUT2D eigenvalue weighted by Gasteiger charge is 2.36. The van der Waals surface area contributed by atoms with E-state index in [4.69, 9.17) is 16.3 Å². The van der Waals surface area contributed by atoms with E-state index in [9.17, 15) is 0 Å². The third-order valence-corrected chi connectivity index (χ3v) is 4.86. The predicted octanol–water partition coefficient (Wildman–Crippen LogP) is 3.62. The summed E-state index contributed by atoms with van der Waals surface area (Å²) in [5.41, 5.74) is 0.0926. The molecule has 90 valence electrons. The van der Waals surface area contributed by atoms with Crippen LogP contribution in [-0.2, 0) is 4.74 Å². The minimum absolute atomic E-state index is 0.0926. The van der Waals surface area contributed by atoms with Gasteiger partial charge in [-0.3, -0.25) is 0 Å². The average Bonchev–Trinajstić information content (AvgIpc) is 2.64. The smallest absolute Gasteiger partial charge is 0.0931 e. The van der Waals surface area contributed by atoms with Gasteiger partial charge in [-0.25, -0.2) is 0 Å². The van der Waals surface area contributed by atoms with E-state index < -0.39 is 0 Å². The first-order valence-corrected chi connectivity index (χ1v) is 6.88. The molecule has 1 heterocycles. The normalized spacial score (nSPS) is 20.4. The van der Waals surface area contributed by atoms with E-state index in [1.165, 1.54) is 24.1 Å². The highest BCUT2D eigenvalue weighted by atomic mass is 35.5. The SMILES string of the molecule is COC1(CNC(C)c2ccc(Cl)s2)CCC1. The Bertz CT molecular complexity index is 343. The lowest BCUT2D eigenvalue weighted by Crippen LogP contribution is -2.48. The van der Waals surface area contributed by atoms with Crippen LogP contribution in [0.2, 0.25) is 4.34 Å². The van der Waals surface area contributed by atoms with Gasteiger partial charge < -0.3 is 10.1 Å². The molecule has 1 unspecified atom stereocenters. The van der Waals surface area contributed by atoms with Crippen LogP contribution >= 0.6 is 22.9 Å². The first-order valence-electron chi connectivity index (χ1n) is 5.69.